The lowest BCUT2D eigenvalue weighted by Gasteiger charge is -2.31. The minimum Gasteiger partial charge on any atom is -0.347 e. The maximum atomic E-state index is 12.3. The minimum absolute atomic E-state index is 0.0847. The number of pyridine rings is 1. The number of aromatic amines is 1. The monoisotopic (exact) mass is 288 g/mol. The topological polar surface area (TPSA) is 79.8 Å². The number of carbonyl (C=O) groups excluding carboxylic acids is 1. The zero-order chi connectivity index (χ0) is 15.5. The molecule has 0 fully saturated rings. The molecule has 0 radical (unpaired) electrons. The summed E-state index contributed by atoms with van der Waals surface area (Å²) in [6, 6.07) is 2.80. The number of H-pyrrole nitrogens is 1. The van der Waals surface area contributed by atoms with Gasteiger partial charge in [-0.2, -0.15) is 0 Å². The van der Waals surface area contributed by atoms with E-state index in [0.29, 0.717) is 12.1 Å². The number of hydrogen-bond donors (Lipinski definition) is 2. The Balaban J connectivity index is 2.15. The third-order valence-corrected chi connectivity index (χ3v) is 3.34. The van der Waals surface area contributed by atoms with E-state index >= 15 is 0 Å². The summed E-state index contributed by atoms with van der Waals surface area (Å²) < 4.78 is 1.92. The zero-order valence-electron chi connectivity index (χ0n) is 12.5. The van der Waals surface area contributed by atoms with Crippen LogP contribution in [0, 0.1) is 5.41 Å². The van der Waals surface area contributed by atoms with Crippen LogP contribution >= 0.6 is 0 Å². The van der Waals surface area contributed by atoms with E-state index in [0.717, 1.165) is 0 Å². The molecular formula is C15H20N4O2. The maximum Gasteiger partial charge on any atom is 0.251 e. The van der Waals surface area contributed by atoms with Crippen LogP contribution in [0.3, 0.4) is 0 Å². The average Bonchev–Trinajstić information content (AvgIpc) is 2.89. The first kappa shape index (κ1) is 15.0. The second kappa shape index (κ2) is 5.95. The van der Waals surface area contributed by atoms with Crippen LogP contribution in [0.2, 0.25) is 0 Å². The van der Waals surface area contributed by atoms with Gasteiger partial charge in [-0.15, -0.1) is 0 Å². The van der Waals surface area contributed by atoms with Crippen molar-refractivity contribution in [1.29, 1.82) is 0 Å². The van der Waals surface area contributed by atoms with Crippen molar-refractivity contribution in [2.45, 2.75) is 33.4 Å². The fraction of sp³-hybridized carbons (Fsp3) is 0.400. The molecule has 0 bridgehead atoms. The van der Waals surface area contributed by atoms with Crippen molar-refractivity contribution in [1.82, 2.24) is 19.9 Å². The standard InChI is InChI=1S/C15H20N4O2/c1-15(2,3)12(9-19-7-6-16-10-19)18-14(21)11-4-5-17-13(20)8-11/h4-8,10,12H,9H2,1-3H3,(H,17,20)(H,18,21). The Labute approximate surface area is 123 Å². The Kier molecular flexibility index (Phi) is 4.26. The molecular weight excluding hydrogens is 268 g/mol. The van der Waals surface area contributed by atoms with Gasteiger partial charge in [-0.3, -0.25) is 9.59 Å². The molecule has 1 atom stereocenters. The van der Waals surface area contributed by atoms with Crippen LogP contribution in [0.4, 0.5) is 0 Å². The molecule has 0 spiro atoms. The normalized spacial score (nSPS) is 12.9. The van der Waals surface area contributed by atoms with Gasteiger partial charge in [0.2, 0.25) is 5.56 Å². The van der Waals surface area contributed by atoms with Crippen molar-refractivity contribution < 1.29 is 4.79 Å². The molecule has 0 aliphatic rings. The van der Waals surface area contributed by atoms with Crippen molar-refractivity contribution in [3.8, 4) is 0 Å². The maximum absolute atomic E-state index is 12.3. The first-order valence-electron chi connectivity index (χ1n) is 6.81. The van der Waals surface area contributed by atoms with E-state index < -0.39 is 0 Å². The molecule has 112 valence electrons. The van der Waals surface area contributed by atoms with Crippen LogP contribution in [0.15, 0.2) is 41.8 Å². The summed E-state index contributed by atoms with van der Waals surface area (Å²) in [6.45, 7) is 6.81. The number of nitrogens with zero attached hydrogens (tertiary/aromatic N) is 2. The molecule has 2 heterocycles. The van der Waals surface area contributed by atoms with Gasteiger partial charge in [0, 0.05) is 36.8 Å². The molecule has 6 nitrogen and oxygen atoms in total. The fourth-order valence-corrected chi connectivity index (χ4v) is 1.97. The van der Waals surface area contributed by atoms with Gasteiger partial charge in [0.15, 0.2) is 0 Å². The molecule has 2 rings (SSSR count). The van der Waals surface area contributed by atoms with Crippen LogP contribution in [0.1, 0.15) is 31.1 Å². The largest absolute Gasteiger partial charge is 0.347 e. The summed E-state index contributed by atoms with van der Waals surface area (Å²) in [5.74, 6) is -0.249. The van der Waals surface area contributed by atoms with E-state index in [2.05, 4.69) is 36.1 Å². The Bertz CT molecular complexity index is 653. The van der Waals surface area contributed by atoms with Gasteiger partial charge in [-0.05, 0) is 11.5 Å². The number of rotatable bonds is 4. The summed E-state index contributed by atoms with van der Waals surface area (Å²) in [7, 11) is 0. The van der Waals surface area contributed by atoms with E-state index in [1.807, 2.05) is 10.8 Å². The van der Waals surface area contributed by atoms with Gasteiger partial charge in [0.25, 0.3) is 5.91 Å². The van der Waals surface area contributed by atoms with E-state index in [9.17, 15) is 9.59 Å². The summed E-state index contributed by atoms with van der Waals surface area (Å²) in [4.78, 5) is 30.1. The highest BCUT2D eigenvalue weighted by molar-refractivity contribution is 5.94. The number of hydrogen-bond acceptors (Lipinski definition) is 3. The van der Waals surface area contributed by atoms with Crippen molar-refractivity contribution >= 4 is 5.91 Å². The second-order valence-corrected chi connectivity index (χ2v) is 6.09. The van der Waals surface area contributed by atoms with Gasteiger partial charge < -0.3 is 14.9 Å². The number of aromatic nitrogens is 3. The third-order valence-electron chi connectivity index (χ3n) is 3.34. The van der Waals surface area contributed by atoms with Crippen LogP contribution in [0.5, 0.6) is 0 Å². The van der Waals surface area contributed by atoms with Crippen molar-refractivity contribution in [3.05, 3.63) is 53.0 Å². The summed E-state index contributed by atoms with van der Waals surface area (Å²) >= 11 is 0. The van der Waals surface area contributed by atoms with Gasteiger partial charge in [0.05, 0.1) is 12.4 Å². The summed E-state index contributed by atoms with van der Waals surface area (Å²) in [6.07, 6.45) is 6.76. The Morgan fingerprint density at radius 2 is 2.24 bits per heavy atom. The smallest absolute Gasteiger partial charge is 0.251 e. The van der Waals surface area contributed by atoms with Crippen molar-refractivity contribution in [2.75, 3.05) is 0 Å². The van der Waals surface area contributed by atoms with Gasteiger partial charge in [-0.1, -0.05) is 20.8 Å². The van der Waals surface area contributed by atoms with Gasteiger partial charge in [-0.25, -0.2) is 4.98 Å². The lowest BCUT2D eigenvalue weighted by atomic mass is 9.86. The molecule has 1 amide bonds. The molecule has 0 saturated carbocycles. The molecule has 0 saturated heterocycles. The van der Waals surface area contributed by atoms with E-state index in [4.69, 9.17) is 0 Å². The molecule has 0 aliphatic heterocycles. The zero-order valence-corrected chi connectivity index (χ0v) is 12.5. The molecule has 2 N–H and O–H groups in total. The molecule has 0 aromatic carbocycles. The molecule has 2 aromatic heterocycles. The van der Waals surface area contributed by atoms with E-state index in [1.54, 1.807) is 18.6 Å². The lowest BCUT2D eigenvalue weighted by Crippen LogP contribution is -2.46. The average molecular weight is 288 g/mol. The first-order valence-corrected chi connectivity index (χ1v) is 6.81. The highest BCUT2D eigenvalue weighted by Gasteiger charge is 2.27. The molecule has 1 unspecified atom stereocenters. The van der Waals surface area contributed by atoms with Crippen LogP contribution in [-0.2, 0) is 6.54 Å². The Hall–Kier alpha value is -2.37. The fourth-order valence-electron chi connectivity index (χ4n) is 1.97. The highest BCUT2D eigenvalue weighted by atomic mass is 16.2. The Morgan fingerprint density at radius 3 is 2.81 bits per heavy atom. The number of nitrogens with one attached hydrogen (secondary N) is 2. The number of carbonyl (C=O) groups is 1. The van der Waals surface area contributed by atoms with Gasteiger partial charge in [0.1, 0.15) is 0 Å². The Morgan fingerprint density at radius 1 is 1.48 bits per heavy atom. The quantitative estimate of drug-likeness (QED) is 0.893. The first-order chi connectivity index (χ1) is 9.86. The van der Waals surface area contributed by atoms with Gasteiger partial charge >= 0.3 is 0 Å². The van der Waals surface area contributed by atoms with E-state index in [1.165, 1.54) is 12.3 Å². The third kappa shape index (κ3) is 4.05. The molecule has 21 heavy (non-hydrogen) atoms. The highest BCUT2D eigenvalue weighted by Crippen LogP contribution is 2.21. The van der Waals surface area contributed by atoms with E-state index in [-0.39, 0.29) is 22.9 Å². The molecule has 2 aromatic rings. The number of amides is 1. The second-order valence-electron chi connectivity index (χ2n) is 6.09. The summed E-state index contributed by atoms with van der Waals surface area (Å²) in [5.41, 5.74) is -0.0515. The van der Waals surface area contributed by atoms with Crippen molar-refractivity contribution in [2.24, 2.45) is 5.41 Å². The number of imidazole rings is 1. The van der Waals surface area contributed by atoms with Crippen LogP contribution in [0.25, 0.3) is 0 Å². The predicted octanol–water partition coefficient (Wildman–Crippen LogP) is 1.42. The molecule has 6 heteroatoms. The minimum atomic E-state index is -0.287. The van der Waals surface area contributed by atoms with Crippen LogP contribution in [-0.4, -0.2) is 26.5 Å². The predicted molar refractivity (Wildman–Crippen MR) is 80.0 cm³/mol. The summed E-state index contributed by atoms with van der Waals surface area (Å²) in [5, 5.41) is 3.00. The lowest BCUT2D eigenvalue weighted by molar-refractivity contribution is 0.0892. The van der Waals surface area contributed by atoms with Crippen LogP contribution < -0.4 is 10.9 Å². The van der Waals surface area contributed by atoms with Crippen molar-refractivity contribution in [3.63, 3.8) is 0 Å². The molecule has 0 aliphatic carbocycles. The SMILES string of the molecule is CC(C)(C)C(Cn1ccnc1)NC(=O)c1cc[nH]c(=O)c1.